The summed E-state index contributed by atoms with van der Waals surface area (Å²) in [7, 11) is 0. The summed E-state index contributed by atoms with van der Waals surface area (Å²) < 4.78 is 0. The molecule has 2 aromatic rings. The molecule has 0 radical (unpaired) electrons. The van der Waals surface area contributed by atoms with Crippen molar-refractivity contribution in [3.63, 3.8) is 0 Å². The van der Waals surface area contributed by atoms with Gasteiger partial charge in [-0.25, -0.2) is 9.97 Å². The Labute approximate surface area is 160 Å². The van der Waals surface area contributed by atoms with E-state index >= 15 is 0 Å². The molecule has 3 heterocycles. The average Bonchev–Trinajstić information content (AvgIpc) is 3.49. The van der Waals surface area contributed by atoms with E-state index in [1.54, 1.807) is 6.20 Å². The molecule has 1 saturated heterocycles. The predicted molar refractivity (Wildman–Crippen MR) is 105 cm³/mol. The van der Waals surface area contributed by atoms with E-state index in [4.69, 9.17) is 4.98 Å². The summed E-state index contributed by atoms with van der Waals surface area (Å²) in [4.78, 5) is 28.2. The van der Waals surface area contributed by atoms with Crippen LogP contribution >= 0.6 is 0 Å². The second-order valence-electron chi connectivity index (χ2n) is 7.75. The van der Waals surface area contributed by atoms with Gasteiger partial charge in [-0.3, -0.25) is 9.78 Å². The zero-order valence-electron chi connectivity index (χ0n) is 16.1. The average molecular weight is 365 g/mol. The second-order valence-corrected chi connectivity index (χ2v) is 7.75. The summed E-state index contributed by atoms with van der Waals surface area (Å²) in [5.74, 6) is 1.23. The summed E-state index contributed by atoms with van der Waals surface area (Å²) in [6.45, 7) is 5.62. The van der Waals surface area contributed by atoms with Gasteiger partial charge < -0.3 is 10.2 Å². The fourth-order valence-corrected chi connectivity index (χ4v) is 3.77. The van der Waals surface area contributed by atoms with Crippen LogP contribution in [0.25, 0.3) is 11.3 Å². The van der Waals surface area contributed by atoms with Gasteiger partial charge in [-0.05, 0) is 64.2 Å². The minimum Gasteiger partial charge on any atom is -0.350 e. The Morgan fingerprint density at radius 3 is 2.74 bits per heavy atom. The minimum atomic E-state index is 0.197. The van der Waals surface area contributed by atoms with Gasteiger partial charge in [-0.2, -0.15) is 0 Å². The number of likely N-dealkylation sites (tertiary alicyclic amines) is 1. The van der Waals surface area contributed by atoms with Gasteiger partial charge in [0, 0.05) is 48.2 Å². The van der Waals surface area contributed by atoms with Gasteiger partial charge in [0.05, 0.1) is 5.69 Å². The van der Waals surface area contributed by atoms with Crippen LogP contribution in [-0.4, -0.2) is 44.9 Å². The highest BCUT2D eigenvalue weighted by atomic mass is 16.2. The number of hydrogen-bond donors (Lipinski definition) is 1. The van der Waals surface area contributed by atoms with Crippen LogP contribution < -0.4 is 5.32 Å². The van der Waals surface area contributed by atoms with Crippen LogP contribution in [0.1, 0.15) is 43.5 Å². The quantitative estimate of drug-likeness (QED) is 0.900. The number of carbonyl (C=O) groups excluding carboxylic acids is 1. The Balaban J connectivity index is 1.49. The highest BCUT2D eigenvalue weighted by molar-refractivity contribution is 5.81. The van der Waals surface area contributed by atoms with Gasteiger partial charge >= 0.3 is 0 Å². The van der Waals surface area contributed by atoms with E-state index < -0.39 is 0 Å². The number of nitrogens with one attached hydrogen (secondary N) is 1. The highest BCUT2D eigenvalue weighted by Gasteiger charge is 2.34. The van der Waals surface area contributed by atoms with Crippen molar-refractivity contribution < 1.29 is 4.79 Å². The number of aryl methyl sites for hydroxylation is 2. The van der Waals surface area contributed by atoms with Crippen LogP contribution in [-0.2, 0) is 4.79 Å². The molecule has 142 valence electrons. The van der Waals surface area contributed by atoms with Crippen molar-refractivity contribution in [2.24, 2.45) is 5.92 Å². The number of carbonyl (C=O) groups is 1. The normalized spacial score (nSPS) is 20.2. The summed E-state index contributed by atoms with van der Waals surface area (Å²) >= 11 is 0. The number of aromatic nitrogens is 3. The molecule has 0 spiro atoms. The van der Waals surface area contributed by atoms with Gasteiger partial charge in [-0.1, -0.05) is 0 Å². The van der Waals surface area contributed by atoms with Gasteiger partial charge in [0.1, 0.15) is 0 Å². The molecule has 2 fully saturated rings. The molecule has 0 bridgehead atoms. The first kappa shape index (κ1) is 17.9. The minimum absolute atomic E-state index is 0.197. The molecule has 1 amide bonds. The van der Waals surface area contributed by atoms with E-state index in [1.165, 1.54) is 0 Å². The molecule has 1 N–H and O–H groups in total. The van der Waals surface area contributed by atoms with Gasteiger partial charge in [-0.15, -0.1) is 0 Å². The van der Waals surface area contributed by atoms with Crippen molar-refractivity contribution in [1.29, 1.82) is 0 Å². The van der Waals surface area contributed by atoms with Crippen LogP contribution in [0.15, 0.2) is 24.4 Å². The molecule has 1 saturated carbocycles. The maximum absolute atomic E-state index is 12.5. The zero-order chi connectivity index (χ0) is 18.8. The third kappa shape index (κ3) is 4.26. The van der Waals surface area contributed by atoms with Crippen LogP contribution in [0.3, 0.4) is 0 Å². The van der Waals surface area contributed by atoms with Crippen LogP contribution in [0.5, 0.6) is 0 Å². The lowest BCUT2D eigenvalue weighted by atomic mass is 10.1. The van der Waals surface area contributed by atoms with E-state index in [0.717, 1.165) is 67.8 Å². The molecule has 1 aliphatic carbocycles. The SMILES string of the molecule is Cc1ccc(-c2ccnc(N[C@@H]3CCCCN(C(=O)C4CC4)C3)n2)c(C)n1. The lowest BCUT2D eigenvalue weighted by Gasteiger charge is -2.25. The van der Waals surface area contributed by atoms with Crippen molar-refractivity contribution in [2.75, 3.05) is 18.4 Å². The lowest BCUT2D eigenvalue weighted by Crippen LogP contribution is -2.40. The number of amides is 1. The van der Waals surface area contributed by atoms with E-state index in [9.17, 15) is 4.79 Å². The molecule has 6 nitrogen and oxygen atoms in total. The molecule has 4 rings (SSSR count). The smallest absolute Gasteiger partial charge is 0.225 e. The van der Waals surface area contributed by atoms with Crippen molar-refractivity contribution >= 4 is 11.9 Å². The number of nitrogens with zero attached hydrogens (tertiary/aromatic N) is 4. The van der Waals surface area contributed by atoms with Gasteiger partial charge in [0.25, 0.3) is 0 Å². The molecule has 27 heavy (non-hydrogen) atoms. The fourth-order valence-electron chi connectivity index (χ4n) is 3.77. The Morgan fingerprint density at radius 1 is 1.11 bits per heavy atom. The van der Waals surface area contributed by atoms with Crippen LogP contribution in [0.4, 0.5) is 5.95 Å². The number of pyridine rings is 1. The summed E-state index contributed by atoms with van der Waals surface area (Å²) in [6.07, 6.45) is 7.13. The van der Waals surface area contributed by atoms with E-state index in [1.807, 2.05) is 30.9 Å². The van der Waals surface area contributed by atoms with E-state index in [2.05, 4.69) is 21.4 Å². The number of anilines is 1. The Morgan fingerprint density at radius 2 is 1.96 bits per heavy atom. The zero-order valence-corrected chi connectivity index (χ0v) is 16.1. The summed E-state index contributed by atoms with van der Waals surface area (Å²) in [6, 6.07) is 6.18. The van der Waals surface area contributed by atoms with Crippen LogP contribution in [0, 0.1) is 19.8 Å². The molecule has 0 unspecified atom stereocenters. The Bertz CT molecular complexity index is 833. The third-order valence-corrected chi connectivity index (χ3v) is 5.40. The number of rotatable bonds is 4. The first-order valence-corrected chi connectivity index (χ1v) is 9.93. The maximum atomic E-state index is 12.5. The van der Waals surface area contributed by atoms with Crippen molar-refractivity contribution in [1.82, 2.24) is 19.9 Å². The van der Waals surface area contributed by atoms with Crippen molar-refractivity contribution in [3.8, 4) is 11.3 Å². The first-order chi connectivity index (χ1) is 13.1. The number of hydrogen-bond acceptors (Lipinski definition) is 5. The Kier molecular flexibility index (Phi) is 5.05. The van der Waals surface area contributed by atoms with Gasteiger partial charge in [0.15, 0.2) is 0 Å². The standard InChI is InChI=1S/C21H27N5O/c1-14-6-9-18(15(2)23-14)19-10-11-22-21(25-19)24-17-5-3-4-12-26(13-17)20(27)16-7-8-16/h6,9-11,16-17H,3-5,7-8,12-13H2,1-2H3,(H,22,24,25)/t17-/m1/s1. The molecule has 6 heteroatoms. The van der Waals surface area contributed by atoms with E-state index in [0.29, 0.717) is 11.9 Å². The molecule has 2 aliphatic rings. The second kappa shape index (κ2) is 7.62. The molecular weight excluding hydrogens is 338 g/mol. The topological polar surface area (TPSA) is 71.0 Å². The lowest BCUT2D eigenvalue weighted by molar-refractivity contribution is -0.132. The predicted octanol–water partition coefficient (Wildman–Crippen LogP) is 3.36. The third-order valence-electron chi connectivity index (χ3n) is 5.40. The highest BCUT2D eigenvalue weighted by Crippen LogP contribution is 2.32. The monoisotopic (exact) mass is 365 g/mol. The first-order valence-electron chi connectivity index (χ1n) is 9.93. The van der Waals surface area contributed by atoms with Crippen LogP contribution in [0.2, 0.25) is 0 Å². The van der Waals surface area contributed by atoms with E-state index in [-0.39, 0.29) is 12.0 Å². The molecule has 1 atom stereocenters. The van der Waals surface area contributed by atoms with Gasteiger partial charge in [0.2, 0.25) is 11.9 Å². The molecular formula is C21H27N5O. The Hall–Kier alpha value is -2.50. The summed E-state index contributed by atoms with van der Waals surface area (Å²) in [5, 5.41) is 3.47. The van der Waals surface area contributed by atoms with Crippen molar-refractivity contribution in [3.05, 3.63) is 35.8 Å². The maximum Gasteiger partial charge on any atom is 0.225 e. The molecule has 0 aromatic carbocycles. The molecule has 1 aliphatic heterocycles. The molecule has 2 aromatic heterocycles. The fraction of sp³-hybridized carbons (Fsp3) is 0.524. The van der Waals surface area contributed by atoms with Crippen molar-refractivity contribution in [2.45, 2.75) is 52.0 Å². The largest absolute Gasteiger partial charge is 0.350 e. The summed E-state index contributed by atoms with van der Waals surface area (Å²) in [5.41, 5.74) is 3.87.